The van der Waals surface area contributed by atoms with Crippen LogP contribution in [0.25, 0.3) is 0 Å². The molecule has 0 spiro atoms. The van der Waals surface area contributed by atoms with Gasteiger partial charge in [0.2, 0.25) is 0 Å². The zero-order valence-corrected chi connectivity index (χ0v) is 13.8. The maximum atomic E-state index is 12.2. The summed E-state index contributed by atoms with van der Waals surface area (Å²) in [4.78, 5) is 19.2. The molecule has 0 saturated heterocycles. The predicted octanol–water partition coefficient (Wildman–Crippen LogP) is 1.76. The standard InChI is InChI=1S/C14H25N5OS/c1-4-19(10-5-6-10)8-7-16-13(20)11-12(15)18-14(21-11)17-9(2)3/h9-10H,4-8,15H2,1-3H3,(H,16,20)(H,17,18). The monoisotopic (exact) mass is 311 g/mol. The van der Waals surface area contributed by atoms with E-state index in [-0.39, 0.29) is 11.9 Å². The Kier molecular flexibility index (Phi) is 5.41. The lowest BCUT2D eigenvalue weighted by Gasteiger charge is -2.19. The van der Waals surface area contributed by atoms with Gasteiger partial charge >= 0.3 is 0 Å². The molecule has 1 amide bonds. The third-order valence-corrected chi connectivity index (χ3v) is 4.43. The van der Waals surface area contributed by atoms with Gasteiger partial charge in [-0.05, 0) is 33.2 Å². The van der Waals surface area contributed by atoms with Crippen molar-refractivity contribution >= 4 is 28.2 Å². The Labute approximate surface area is 130 Å². The number of nitrogens with zero attached hydrogens (tertiary/aromatic N) is 2. The first kappa shape index (κ1) is 16.0. The summed E-state index contributed by atoms with van der Waals surface area (Å²) in [5, 5.41) is 6.80. The maximum absolute atomic E-state index is 12.2. The van der Waals surface area contributed by atoms with E-state index in [4.69, 9.17) is 5.73 Å². The smallest absolute Gasteiger partial charge is 0.265 e. The summed E-state index contributed by atoms with van der Waals surface area (Å²) < 4.78 is 0. The summed E-state index contributed by atoms with van der Waals surface area (Å²) >= 11 is 1.31. The van der Waals surface area contributed by atoms with E-state index in [9.17, 15) is 4.79 Å². The largest absolute Gasteiger partial charge is 0.382 e. The van der Waals surface area contributed by atoms with Crippen molar-refractivity contribution in [3.63, 3.8) is 0 Å². The number of nitrogen functional groups attached to an aromatic ring is 1. The lowest BCUT2D eigenvalue weighted by molar-refractivity contribution is 0.0952. The molecule has 6 nitrogen and oxygen atoms in total. The van der Waals surface area contributed by atoms with Crippen LogP contribution in [0.15, 0.2) is 0 Å². The maximum Gasteiger partial charge on any atom is 0.265 e. The van der Waals surface area contributed by atoms with E-state index in [0.717, 1.165) is 19.1 Å². The fraction of sp³-hybridized carbons (Fsp3) is 0.714. The number of aromatic nitrogens is 1. The molecule has 118 valence electrons. The van der Waals surface area contributed by atoms with Crippen LogP contribution in [-0.2, 0) is 0 Å². The van der Waals surface area contributed by atoms with Crippen LogP contribution >= 0.6 is 11.3 Å². The molecular formula is C14H25N5OS. The summed E-state index contributed by atoms with van der Waals surface area (Å²) in [6, 6.07) is 0.991. The Bertz CT molecular complexity index is 484. The summed E-state index contributed by atoms with van der Waals surface area (Å²) in [7, 11) is 0. The van der Waals surface area contributed by atoms with Crippen molar-refractivity contribution in [2.75, 3.05) is 30.7 Å². The average molecular weight is 311 g/mol. The zero-order chi connectivity index (χ0) is 15.4. The third-order valence-electron chi connectivity index (χ3n) is 3.43. The van der Waals surface area contributed by atoms with Gasteiger partial charge in [-0.15, -0.1) is 0 Å². The van der Waals surface area contributed by atoms with Gasteiger partial charge in [-0.1, -0.05) is 18.3 Å². The second kappa shape index (κ2) is 7.09. The van der Waals surface area contributed by atoms with E-state index >= 15 is 0 Å². The second-order valence-corrected chi connectivity index (χ2v) is 6.65. The topological polar surface area (TPSA) is 83.3 Å². The molecule has 7 heteroatoms. The number of amides is 1. The van der Waals surface area contributed by atoms with Gasteiger partial charge < -0.3 is 16.4 Å². The van der Waals surface area contributed by atoms with Crippen LogP contribution < -0.4 is 16.4 Å². The first-order valence-electron chi connectivity index (χ1n) is 7.56. The number of nitrogens with one attached hydrogen (secondary N) is 2. The fourth-order valence-electron chi connectivity index (χ4n) is 2.24. The summed E-state index contributed by atoms with van der Waals surface area (Å²) in [5.74, 6) is 0.170. The fourth-order valence-corrected chi connectivity index (χ4v) is 3.18. The predicted molar refractivity (Wildman–Crippen MR) is 87.9 cm³/mol. The summed E-state index contributed by atoms with van der Waals surface area (Å²) in [6.07, 6.45) is 2.57. The van der Waals surface area contributed by atoms with Crippen LogP contribution in [0.1, 0.15) is 43.3 Å². The van der Waals surface area contributed by atoms with Crippen LogP contribution in [0.5, 0.6) is 0 Å². The van der Waals surface area contributed by atoms with Gasteiger partial charge in [0.15, 0.2) is 5.13 Å². The molecule has 2 rings (SSSR count). The molecule has 0 aliphatic heterocycles. The van der Waals surface area contributed by atoms with Gasteiger partial charge in [-0.3, -0.25) is 9.69 Å². The number of carbonyl (C=O) groups is 1. The van der Waals surface area contributed by atoms with E-state index in [1.54, 1.807) is 0 Å². The minimum absolute atomic E-state index is 0.131. The van der Waals surface area contributed by atoms with Crippen LogP contribution in [0.4, 0.5) is 10.9 Å². The van der Waals surface area contributed by atoms with Crippen LogP contribution in [0.3, 0.4) is 0 Å². The SMILES string of the molecule is CCN(CCNC(=O)c1sc(NC(C)C)nc1N)C1CC1. The van der Waals surface area contributed by atoms with Gasteiger partial charge in [0.05, 0.1) is 0 Å². The summed E-state index contributed by atoms with van der Waals surface area (Å²) in [5.41, 5.74) is 5.82. The highest BCUT2D eigenvalue weighted by molar-refractivity contribution is 7.18. The molecule has 1 aromatic rings. The Morgan fingerprint density at radius 1 is 1.52 bits per heavy atom. The number of hydrogen-bond donors (Lipinski definition) is 3. The number of rotatable bonds is 8. The van der Waals surface area contributed by atoms with E-state index in [1.165, 1.54) is 24.2 Å². The molecule has 1 aromatic heterocycles. The van der Waals surface area contributed by atoms with Gasteiger partial charge in [0.1, 0.15) is 10.7 Å². The number of thiazole rings is 1. The van der Waals surface area contributed by atoms with Gasteiger partial charge in [0, 0.05) is 25.2 Å². The Hall–Kier alpha value is -1.34. The van der Waals surface area contributed by atoms with Crippen LogP contribution in [-0.4, -0.2) is 47.5 Å². The minimum Gasteiger partial charge on any atom is -0.382 e. The van der Waals surface area contributed by atoms with Crippen molar-refractivity contribution in [1.82, 2.24) is 15.2 Å². The van der Waals surface area contributed by atoms with Crippen molar-refractivity contribution in [1.29, 1.82) is 0 Å². The van der Waals surface area contributed by atoms with Crippen molar-refractivity contribution in [3.8, 4) is 0 Å². The third kappa shape index (κ3) is 4.57. The van der Waals surface area contributed by atoms with Gasteiger partial charge in [-0.25, -0.2) is 4.98 Å². The molecule has 0 atom stereocenters. The number of anilines is 2. The van der Waals surface area contributed by atoms with E-state index in [1.807, 2.05) is 13.8 Å². The first-order valence-corrected chi connectivity index (χ1v) is 8.38. The molecule has 0 unspecified atom stereocenters. The molecule has 1 saturated carbocycles. The molecule has 1 fully saturated rings. The Balaban J connectivity index is 1.83. The van der Waals surface area contributed by atoms with E-state index in [0.29, 0.717) is 22.4 Å². The van der Waals surface area contributed by atoms with Gasteiger partial charge in [-0.2, -0.15) is 0 Å². The molecule has 1 aliphatic rings. The van der Waals surface area contributed by atoms with Crippen molar-refractivity contribution in [2.24, 2.45) is 0 Å². The van der Waals surface area contributed by atoms with Crippen molar-refractivity contribution < 1.29 is 4.79 Å². The first-order chi connectivity index (χ1) is 10.0. The highest BCUT2D eigenvalue weighted by Crippen LogP contribution is 2.26. The highest BCUT2D eigenvalue weighted by Gasteiger charge is 2.27. The van der Waals surface area contributed by atoms with E-state index in [2.05, 4.69) is 27.4 Å². The normalized spacial score (nSPS) is 14.7. The van der Waals surface area contributed by atoms with E-state index < -0.39 is 0 Å². The number of likely N-dealkylation sites (N-methyl/N-ethyl adjacent to an activating group) is 1. The van der Waals surface area contributed by atoms with Crippen LogP contribution in [0, 0.1) is 0 Å². The molecule has 0 bridgehead atoms. The quantitative estimate of drug-likeness (QED) is 0.681. The molecular weight excluding hydrogens is 286 g/mol. The number of nitrogens with two attached hydrogens (primary N) is 1. The molecule has 0 radical (unpaired) electrons. The molecule has 21 heavy (non-hydrogen) atoms. The lowest BCUT2D eigenvalue weighted by Crippen LogP contribution is -2.36. The zero-order valence-electron chi connectivity index (χ0n) is 13.0. The van der Waals surface area contributed by atoms with Gasteiger partial charge in [0.25, 0.3) is 5.91 Å². The van der Waals surface area contributed by atoms with Crippen LogP contribution in [0.2, 0.25) is 0 Å². The van der Waals surface area contributed by atoms with Crippen molar-refractivity contribution in [3.05, 3.63) is 4.88 Å². The average Bonchev–Trinajstić information content (AvgIpc) is 3.18. The van der Waals surface area contributed by atoms with Crippen molar-refractivity contribution in [2.45, 2.75) is 45.7 Å². The Morgan fingerprint density at radius 3 is 2.81 bits per heavy atom. The molecule has 1 heterocycles. The number of hydrogen-bond acceptors (Lipinski definition) is 6. The molecule has 4 N–H and O–H groups in total. The lowest BCUT2D eigenvalue weighted by atomic mass is 10.4. The minimum atomic E-state index is -0.131. The Morgan fingerprint density at radius 2 is 2.24 bits per heavy atom. The molecule has 1 aliphatic carbocycles. The molecule has 0 aromatic carbocycles. The highest BCUT2D eigenvalue weighted by atomic mass is 32.1. The second-order valence-electron chi connectivity index (χ2n) is 5.65. The summed E-state index contributed by atoms with van der Waals surface area (Å²) in [6.45, 7) is 8.77. The number of carbonyl (C=O) groups excluding carboxylic acids is 1.